The molecule has 2 aliphatic heterocycles. The van der Waals surface area contributed by atoms with Crippen molar-refractivity contribution in [2.24, 2.45) is 5.92 Å². The Morgan fingerprint density at radius 2 is 1.89 bits per heavy atom. The van der Waals surface area contributed by atoms with Crippen LogP contribution in [0.4, 0.5) is 0 Å². The van der Waals surface area contributed by atoms with Crippen molar-refractivity contribution in [3.05, 3.63) is 65.7 Å². The summed E-state index contributed by atoms with van der Waals surface area (Å²) in [6, 6.07) is 18.1. The minimum absolute atomic E-state index is 0.165. The Morgan fingerprint density at radius 3 is 2.59 bits per heavy atom. The number of nitrogens with zero attached hydrogens (tertiary/aromatic N) is 1. The molecule has 0 N–H and O–H groups in total. The molecule has 27 heavy (non-hydrogen) atoms. The van der Waals surface area contributed by atoms with Gasteiger partial charge in [-0.3, -0.25) is 9.69 Å². The Labute approximate surface area is 161 Å². The van der Waals surface area contributed by atoms with Crippen molar-refractivity contribution in [3.63, 3.8) is 0 Å². The number of ether oxygens (including phenoxy) is 2. The second-order valence-electron chi connectivity index (χ2n) is 7.87. The summed E-state index contributed by atoms with van der Waals surface area (Å²) in [5, 5.41) is 0. The van der Waals surface area contributed by atoms with Crippen LogP contribution in [0, 0.1) is 5.92 Å². The van der Waals surface area contributed by atoms with Crippen molar-refractivity contribution in [2.45, 2.75) is 37.8 Å². The average molecular weight is 365 g/mol. The van der Waals surface area contributed by atoms with Crippen molar-refractivity contribution in [1.82, 2.24) is 4.90 Å². The Balaban J connectivity index is 1.54. The molecule has 0 aliphatic carbocycles. The minimum Gasteiger partial charge on any atom is -0.497 e. The van der Waals surface area contributed by atoms with E-state index in [4.69, 9.17) is 9.47 Å². The summed E-state index contributed by atoms with van der Waals surface area (Å²) >= 11 is 0. The number of hydrogen-bond acceptors (Lipinski definition) is 4. The number of piperidine rings is 1. The van der Waals surface area contributed by atoms with E-state index in [2.05, 4.69) is 24.0 Å². The molecule has 0 saturated carbocycles. The lowest BCUT2D eigenvalue weighted by Crippen LogP contribution is -2.70. The van der Waals surface area contributed by atoms with E-state index in [0.29, 0.717) is 5.92 Å². The SMILES string of the molecule is COc1ccc(CC(=O)O[C@@]2(c3ccccc3)CN3CCC(C)C[C@H]32)cc1. The summed E-state index contributed by atoms with van der Waals surface area (Å²) in [6.07, 6.45) is 2.58. The van der Waals surface area contributed by atoms with E-state index >= 15 is 0 Å². The van der Waals surface area contributed by atoms with Crippen molar-refractivity contribution in [1.29, 1.82) is 0 Å². The molecule has 2 fully saturated rings. The van der Waals surface area contributed by atoms with E-state index in [1.54, 1.807) is 7.11 Å². The van der Waals surface area contributed by atoms with Crippen molar-refractivity contribution < 1.29 is 14.3 Å². The van der Waals surface area contributed by atoms with Gasteiger partial charge in [-0.05, 0) is 48.6 Å². The van der Waals surface area contributed by atoms with Gasteiger partial charge in [0, 0.05) is 6.54 Å². The molecule has 2 aromatic carbocycles. The number of esters is 1. The van der Waals surface area contributed by atoms with Gasteiger partial charge in [0.1, 0.15) is 5.75 Å². The highest BCUT2D eigenvalue weighted by Gasteiger charge is 2.57. The van der Waals surface area contributed by atoms with Crippen molar-refractivity contribution in [3.8, 4) is 5.75 Å². The number of rotatable bonds is 5. The third-order valence-electron chi connectivity index (χ3n) is 6.02. The highest BCUT2D eigenvalue weighted by molar-refractivity contribution is 5.73. The Morgan fingerprint density at radius 1 is 1.15 bits per heavy atom. The Hall–Kier alpha value is -2.33. The molecule has 3 atom stereocenters. The van der Waals surface area contributed by atoms with Crippen LogP contribution in [0.15, 0.2) is 54.6 Å². The van der Waals surface area contributed by atoms with Crippen LogP contribution < -0.4 is 4.74 Å². The zero-order valence-corrected chi connectivity index (χ0v) is 16.1. The monoisotopic (exact) mass is 365 g/mol. The van der Waals surface area contributed by atoms with Gasteiger partial charge in [-0.15, -0.1) is 0 Å². The van der Waals surface area contributed by atoms with Gasteiger partial charge in [0.25, 0.3) is 0 Å². The number of methoxy groups -OCH3 is 1. The zero-order valence-electron chi connectivity index (χ0n) is 16.1. The second kappa shape index (κ2) is 7.35. The maximum absolute atomic E-state index is 12.8. The number of carbonyl (C=O) groups excluding carboxylic acids is 1. The smallest absolute Gasteiger partial charge is 0.311 e. The summed E-state index contributed by atoms with van der Waals surface area (Å²) in [5.74, 6) is 1.29. The molecule has 0 spiro atoms. The standard InChI is InChI=1S/C23H27NO3/c1-17-12-13-24-16-23(21(24)14-17,19-6-4-3-5-7-19)27-22(25)15-18-8-10-20(26-2)11-9-18/h3-11,17,21H,12-16H2,1-2H3/t17?,21-,23+/m0/s1. The lowest BCUT2D eigenvalue weighted by atomic mass is 9.71. The van der Waals surface area contributed by atoms with Gasteiger partial charge >= 0.3 is 5.97 Å². The van der Waals surface area contributed by atoms with Gasteiger partial charge in [-0.1, -0.05) is 49.4 Å². The van der Waals surface area contributed by atoms with Gasteiger partial charge in [-0.25, -0.2) is 0 Å². The van der Waals surface area contributed by atoms with E-state index in [9.17, 15) is 4.79 Å². The molecule has 4 nitrogen and oxygen atoms in total. The number of hydrogen-bond donors (Lipinski definition) is 0. The van der Waals surface area contributed by atoms with E-state index in [-0.39, 0.29) is 18.4 Å². The molecular formula is C23H27NO3. The van der Waals surface area contributed by atoms with Crippen LogP contribution in [-0.2, 0) is 21.6 Å². The maximum Gasteiger partial charge on any atom is 0.311 e. The molecule has 0 bridgehead atoms. The normalized spacial score (nSPS) is 27.3. The topological polar surface area (TPSA) is 38.8 Å². The molecule has 0 radical (unpaired) electrons. The first-order valence-electron chi connectivity index (χ1n) is 9.75. The van der Waals surface area contributed by atoms with Crippen LogP contribution in [0.2, 0.25) is 0 Å². The Bertz CT molecular complexity index is 789. The Kier molecular flexibility index (Phi) is 4.92. The average Bonchev–Trinajstić information content (AvgIpc) is 2.69. The van der Waals surface area contributed by atoms with Crippen molar-refractivity contribution >= 4 is 5.97 Å². The molecular weight excluding hydrogens is 338 g/mol. The maximum atomic E-state index is 12.8. The van der Waals surface area contributed by atoms with Crippen LogP contribution in [0.5, 0.6) is 5.75 Å². The number of carbonyl (C=O) groups is 1. The first-order valence-corrected chi connectivity index (χ1v) is 9.75. The van der Waals surface area contributed by atoms with Gasteiger partial charge in [0.2, 0.25) is 0 Å². The quantitative estimate of drug-likeness (QED) is 0.756. The fraction of sp³-hybridized carbons (Fsp3) is 0.435. The molecule has 1 unspecified atom stereocenters. The summed E-state index contributed by atoms with van der Waals surface area (Å²) in [5.41, 5.74) is 1.54. The lowest BCUT2D eigenvalue weighted by Gasteiger charge is -2.59. The first-order chi connectivity index (χ1) is 13.1. The zero-order chi connectivity index (χ0) is 18.9. The molecule has 0 aromatic heterocycles. The van der Waals surface area contributed by atoms with Crippen LogP contribution in [0.25, 0.3) is 0 Å². The van der Waals surface area contributed by atoms with E-state index in [1.807, 2.05) is 42.5 Å². The number of fused-ring (bicyclic) bond motifs is 1. The van der Waals surface area contributed by atoms with E-state index in [0.717, 1.165) is 36.4 Å². The molecule has 2 saturated heterocycles. The van der Waals surface area contributed by atoms with E-state index < -0.39 is 5.60 Å². The molecule has 2 aromatic rings. The predicted molar refractivity (Wildman–Crippen MR) is 105 cm³/mol. The summed E-state index contributed by atoms with van der Waals surface area (Å²) in [6.45, 7) is 4.18. The minimum atomic E-state index is -0.514. The predicted octanol–water partition coefficient (Wildman–Crippen LogP) is 3.79. The third kappa shape index (κ3) is 3.46. The van der Waals surface area contributed by atoms with Crippen LogP contribution >= 0.6 is 0 Å². The fourth-order valence-corrected chi connectivity index (χ4v) is 4.47. The van der Waals surface area contributed by atoms with Crippen LogP contribution in [0.3, 0.4) is 0 Å². The van der Waals surface area contributed by atoms with Gasteiger partial charge in [0.05, 0.1) is 19.6 Å². The highest BCUT2D eigenvalue weighted by Crippen LogP contribution is 2.47. The van der Waals surface area contributed by atoms with E-state index in [1.165, 1.54) is 6.42 Å². The summed E-state index contributed by atoms with van der Waals surface area (Å²) in [7, 11) is 1.64. The lowest BCUT2D eigenvalue weighted by molar-refractivity contribution is -0.214. The summed E-state index contributed by atoms with van der Waals surface area (Å²) < 4.78 is 11.4. The number of benzene rings is 2. The highest BCUT2D eigenvalue weighted by atomic mass is 16.6. The van der Waals surface area contributed by atoms with Crippen LogP contribution in [-0.4, -0.2) is 37.1 Å². The fourth-order valence-electron chi connectivity index (χ4n) is 4.47. The molecule has 2 aliphatic rings. The molecule has 0 amide bonds. The molecule has 4 rings (SSSR count). The summed E-state index contributed by atoms with van der Waals surface area (Å²) in [4.78, 5) is 15.3. The van der Waals surface area contributed by atoms with Crippen LogP contribution in [0.1, 0.15) is 30.9 Å². The molecule has 4 heteroatoms. The largest absolute Gasteiger partial charge is 0.497 e. The van der Waals surface area contributed by atoms with Crippen molar-refractivity contribution in [2.75, 3.05) is 20.2 Å². The first kappa shape index (κ1) is 18.1. The third-order valence-corrected chi connectivity index (χ3v) is 6.02. The van der Waals surface area contributed by atoms with Gasteiger partial charge < -0.3 is 9.47 Å². The van der Waals surface area contributed by atoms with Gasteiger partial charge in [-0.2, -0.15) is 0 Å². The molecule has 2 heterocycles. The van der Waals surface area contributed by atoms with Gasteiger partial charge in [0.15, 0.2) is 5.60 Å². The second-order valence-corrected chi connectivity index (χ2v) is 7.87. The molecule has 142 valence electrons.